The molecule has 1 aliphatic rings. The Morgan fingerprint density at radius 3 is 2.71 bits per heavy atom. The van der Waals surface area contributed by atoms with Gasteiger partial charge in [-0.05, 0) is 33.6 Å². The Balaban J connectivity index is 2.77. The molecule has 0 bridgehead atoms. The fraction of sp³-hybridized carbons (Fsp3) is 0.667. The third-order valence-corrected chi connectivity index (χ3v) is 5.44. The Morgan fingerprint density at radius 2 is 2.18 bits per heavy atom. The summed E-state index contributed by atoms with van der Waals surface area (Å²) in [4.78, 5) is 4.07. The van der Waals surface area contributed by atoms with E-state index >= 15 is 0 Å². The Kier molecular flexibility index (Phi) is 4.90. The highest BCUT2D eigenvalue weighted by Gasteiger charge is 2.29. The van der Waals surface area contributed by atoms with Crippen LogP contribution in [0.4, 0.5) is 0 Å². The van der Waals surface area contributed by atoms with Crippen LogP contribution in [0.25, 0.3) is 0 Å². The van der Waals surface area contributed by atoms with Gasteiger partial charge in [-0.1, -0.05) is 22.9 Å². The molecule has 0 aromatic heterocycles. The monoisotopic (exact) mass is 319 g/mol. The molecule has 17 heavy (non-hydrogen) atoms. The van der Waals surface area contributed by atoms with E-state index < -0.39 is 11.0 Å². The molecule has 0 radical (unpaired) electrons. The SMILES string of the molecule is CC([NH2+]S(=O)C(C)(C)C)C1=C=NC=C(Br)C1C. The van der Waals surface area contributed by atoms with Crippen LogP contribution < -0.4 is 4.72 Å². The van der Waals surface area contributed by atoms with Gasteiger partial charge in [0.1, 0.15) is 6.04 Å². The molecule has 0 aromatic rings. The molecule has 3 nitrogen and oxygen atoms in total. The van der Waals surface area contributed by atoms with Gasteiger partial charge < -0.3 is 0 Å². The highest BCUT2D eigenvalue weighted by Crippen LogP contribution is 2.26. The number of aliphatic imine (C=N–C) groups is 1. The molecular weight excluding hydrogens is 300 g/mol. The fourth-order valence-corrected chi connectivity index (χ4v) is 2.76. The summed E-state index contributed by atoms with van der Waals surface area (Å²) >= 11 is 3.48. The maximum absolute atomic E-state index is 12.1. The topological polar surface area (TPSA) is 46.0 Å². The molecule has 0 fully saturated rings. The van der Waals surface area contributed by atoms with Crippen LogP contribution in [0.5, 0.6) is 0 Å². The molecule has 0 aliphatic carbocycles. The van der Waals surface area contributed by atoms with Gasteiger partial charge in [0.15, 0.2) is 0 Å². The van der Waals surface area contributed by atoms with E-state index in [1.54, 1.807) is 6.20 Å². The van der Waals surface area contributed by atoms with Gasteiger partial charge in [-0.3, -0.25) is 4.72 Å². The van der Waals surface area contributed by atoms with E-state index in [9.17, 15) is 4.21 Å². The van der Waals surface area contributed by atoms with E-state index in [4.69, 9.17) is 0 Å². The van der Waals surface area contributed by atoms with Crippen molar-refractivity contribution in [3.63, 3.8) is 0 Å². The minimum absolute atomic E-state index is 0.120. The smallest absolute Gasteiger partial charge is 0.209 e. The number of hydrogen-bond acceptors (Lipinski definition) is 2. The molecule has 3 unspecified atom stereocenters. The summed E-state index contributed by atoms with van der Waals surface area (Å²) in [7, 11) is -0.958. The summed E-state index contributed by atoms with van der Waals surface area (Å²) < 4.78 is 14.8. The average molecular weight is 320 g/mol. The first kappa shape index (κ1) is 14.8. The van der Waals surface area contributed by atoms with Crippen LogP contribution in [0.15, 0.2) is 21.2 Å². The van der Waals surface area contributed by atoms with Gasteiger partial charge in [-0.2, -0.15) is 4.21 Å². The molecule has 1 rings (SSSR count). The minimum atomic E-state index is -0.958. The number of nitrogens with two attached hydrogens (primary N) is 1. The van der Waals surface area contributed by atoms with Crippen molar-refractivity contribution in [3.05, 3.63) is 16.3 Å². The Bertz CT molecular complexity index is 417. The summed E-state index contributed by atoms with van der Waals surface area (Å²) in [6.45, 7) is 10.1. The van der Waals surface area contributed by atoms with E-state index in [-0.39, 0.29) is 16.7 Å². The molecule has 0 spiro atoms. The molecule has 0 saturated carbocycles. The Morgan fingerprint density at radius 1 is 1.59 bits per heavy atom. The van der Waals surface area contributed by atoms with Gasteiger partial charge in [0.2, 0.25) is 11.0 Å². The number of rotatable bonds is 3. The zero-order valence-electron chi connectivity index (χ0n) is 11.0. The number of nitrogens with zero attached hydrogens (tertiary/aromatic N) is 1. The number of halogens is 1. The average Bonchev–Trinajstić information content (AvgIpc) is 2.20. The highest BCUT2D eigenvalue weighted by atomic mass is 79.9. The van der Waals surface area contributed by atoms with E-state index in [1.165, 1.54) is 0 Å². The Labute approximate surface area is 114 Å². The fourth-order valence-electron chi connectivity index (χ4n) is 1.48. The predicted molar refractivity (Wildman–Crippen MR) is 76.4 cm³/mol. The largest absolute Gasteiger partial charge is 0.255 e. The summed E-state index contributed by atoms with van der Waals surface area (Å²) in [5.74, 6) is 3.29. The van der Waals surface area contributed by atoms with Crippen LogP contribution in [-0.2, 0) is 11.0 Å². The third kappa shape index (κ3) is 3.88. The maximum atomic E-state index is 12.1. The highest BCUT2D eigenvalue weighted by molar-refractivity contribution is 9.11. The minimum Gasteiger partial charge on any atom is -0.255 e. The Hall–Kier alpha value is -0.220. The third-order valence-electron chi connectivity index (χ3n) is 2.68. The van der Waals surface area contributed by atoms with Crippen molar-refractivity contribution in [2.45, 2.75) is 45.4 Å². The zero-order chi connectivity index (χ0) is 13.2. The van der Waals surface area contributed by atoms with E-state index in [2.05, 4.69) is 33.7 Å². The molecule has 0 aromatic carbocycles. The van der Waals surface area contributed by atoms with Crippen molar-refractivity contribution in [2.75, 3.05) is 0 Å². The van der Waals surface area contributed by atoms with Crippen LogP contribution in [0.2, 0.25) is 0 Å². The van der Waals surface area contributed by atoms with Crippen LogP contribution in [0, 0.1) is 5.92 Å². The molecule has 2 N–H and O–H groups in total. The summed E-state index contributed by atoms with van der Waals surface area (Å²) in [5, 5.41) is 0. The summed E-state index contributed by atoms with van der Waals surface area (Å²) in [6, 6.07) is 0.120. The molecule has 3 atom stereocenters. The first-order valence-electron chi connectivity index (χ1n) is 5.67. The van der Waals surface area contributed by atoms with Crippen LogP contribution in [-0.4, -0.2) is 20.9 Å². The summed E-state index contributed by atoms with van der Waals surface area (Å²) in [5.41, 5.74) is 1.08. The number of allylic oxidation sites excluding steroid dienone is 1. The molecule has 96 valence electrons. The standard InChI is InChI=1S/C12H19BrN2OS/c1-8-10(6-14-7-11(8)13)9(2)15-17(16)12(3,4)5/h7-9,15H,1-5H3/p+1. The van der Waals surface area contributed by atoms with Gasteiger partial charge in [0.25, 0.3) is 0 Å². The van der Waals surface area contributed by atoms with Crippen molar-refractivity contribution in [3.8, 4) is 0 Å². The number of hydrogen-bond donors (Lipinski definition) is 1. The second kappa shape index (κ2) is 5.61. The molecule has 1 aliphatic heterocycles. The van der Waals surface area contributed by atoms with Gasteiger partial charge in [0.05, 0.1) is 10.3 Å². The molecule has 5 heteroatoms. The van der Waals surface area contributed by atoms with Gasteiger partial charge >= 0.3 is 0 Å². The van der Waals surface area contributed by atoms with Crippen molar-refractivity contribution in [2.24, 2.45) is 10.9 Å². The van der Waals surface area contributed by atoms with Crippen LogP contribution >= 0.6 is 15.9 Å². The van der Waals surface area contributed by atoms with Gasteiger partial charge in [-0.25, -0.2) is 4.99 Å². The lowest BCUT2D eigenvalue weighted by Crippen LogP contribution is -2.92. The summed E-state index contributed by atoms with van der Waals surface area (Å²) in [6.07, 6.45) is 1.77. The van der Waals surface area contributed by atoms with Gasteiger partial charge in [-0.15, -0.1) is 0 Å². The second-order valence-electron chi connectivity index (χ2n) is 5.27. The molecule has 1 heterocycles. The lowest BCUT2D eigenvalue weighted by atomic mass is 9.96. The van der Waals surface area contributed by atoms with Crippen LogP contribution in [0.3, 0.4) is 0 Å². The predicted octanol–water partition coefficient (Wildman–Crippen LogP) is 1.88. The molecule has 0 amide bonds. The quantitative estimate of drug-likeness (QED) is 0.848. The second-order valence-corrected chi connectivity index (χ2v) is 8.27. The van der Waals surface area contributed by atoms with Crippen molar-refractivity contribution in [1.82, 2.24) is 0 Å². The van der Waals surface area contributed by atoms with Gasteiger partial charge in [0, 0.05) is 16.6 Å². The maximum Gasteiger partial charge on any atom is 0.209 e. The normalized spacial score (nSPS) is 24.0. The first-order chi connectivity index (χ1) is 7.73. The lowest BCUT2D eigenvalue weighted by Gasteiger charge is -2.22. The van der Waals surface area contributed by atoms with E-state index in [1.807, 2.05) is 32.4 Å². The van der Waals surface area contributed by atoms with Crippen molar-refractivity contribution in [1.29, 1.82) is 0 Å². The van der Waals surface area contributed by atoms with E-state index in [0.717, 1.165) is 10.1 Å². The lowest BCUT2D eigenvalue weighted by molar-refractivity contribution is -0.520. The van der Waals surface area contributed by atoms with Crippen molar-refractivity contribution >= 4 is 32.8 Å². The first-order valence-corrected chi connectivity index (χ1v) is 7.68. The number of quaternary nitrogens is 1. The molecule has 0 saturated heterocycles. The molecular formula is C12H20BrN2OS+. The van der Waals surface area contributed by atoms with Crippen LogP contribution in [0.1, 0.15) is 34.6 Å². The van der Waals surface area contributed by atoms with E-state index in [0.29, 0.717) is 0 Å². The van der Waals surface area contributed by atoms with Crippen molar-refractivity contribution < 1.29 is 8.93 Å². The zero-order valence-corrected chi connectivity index (χ0v) is 13.4.